The van der Waals surface area contributed by atoms with Crippen LogP contribution in [-0.2, 0) is 24.5 Å². The Morgan fingerprint density at radius 3 is 2.44 bits per heavy atom. The van der Waals surface area contributed by atoms with E-state index in [0.29, 0.717) is 48.3 Å². The van der Waals surface area contributed by atoms with Crippen molar-refractivity contribution in [3.8, 4) is 17.2 Å². The number of carbonyl (C=O) groups excluding carboxylic acids is 3. The molecule has 268 valence electrons. The van der Waals surface area contributed by atoms with Crippen molar-refractivity contribution in [3.63, 3.8) is 0 Å². The van der Waals surface area contributed by atoms with Crippen molar-refractivity contribution in [1.29, 1.82) is 0 Å². The minimum atomic E-state index is -0.522. The topological polar surface area (TPSA) is 109 Å². The predicted molar refractivity (Wildman–Crippen MR) is 188 cm³/mol. The van der Waals surface area contributed by atoms with Crippen LogP contribution in [0.25, 0.3) is 11.5 Å². The zero-order valence-electron chi connectivity index (χ0n) is 30.7. The Labute approximate surface area is 296 Å². The Kier molecular flexibility index (Phi) is 8.22. The summed E-state index contributed by atoms with van der Waals surface area (Å²) < 4.78 is 18.1. The van der Waals surface area contributed by atoms with Gasteiger partial charge in [-0.2, -0.15) is 0 Å². The fourth-order valence-corrected chi connectivity index (χ4v) is 12.6. The second-order valence-corrected chi connectivity index (χ2v) is 17.8. The summed E-state index contributed by atoms with van der Waals surface area (Å²) in [6.45, 7) is 11.5. The lowest BCUT2D eigenvalue weighted by atomic mass is 9.39. The van der Waals surface area contributed by atoms with E-state index in [1.165, 1.54) is 12.0 Å². The number of esters is 1. The van der Waals surface area contributed by atoms with Crippen LogP contribution < -0.4 is 4.74 Å². The van der Waals surface area contributed by atoms with Gasteiger partial charge in [0.05, 0.1) is 18.4 Å². The van der Waals surface area contributed by atoms with Crippen LogP contribution in [0.3, 0.4) is 0 Å². The van der Waals surface area contributed by atoms with Crippen LogP contribution in [0.1, 0.15) is 111 Å². The van der Waals surface area contributed by atoms with Crippen molar-refractivity contribution in [2.24, 2.45) is 58.2 Å². The molecule has 1 aromatic heterocycles. The zero-order valence-corrected chi connectivity index (χ0v) is 30.7. The smallest absolute Gasteiger partial charge is 0.309 e. The Bertz CT molecular complexity index is 1710. The number of rotatable bonds is 7. The molecule has 11 atom stereocenters. The Balaban J connectivity index is 1.04. The lowest BCUT2D eigenvalue weighted by Gasteiger charge is -2.66. The number of fused-ring (bicyclic) bond motifs is 7. The highest BCUT2D eigenvalue weighted by molar-refractivity contribution is 6.01. The van der Waals surface area contributed by atoms with Crippen LogP contribution in [0.4, 0.5) is 0 Å². The SMILES string of the molecule is COc1ccc(-c2nnc(C34CCC5C(CCC6C7(C)CCC(OC(=O)C8CC(C=O)C8C)CC7CCC56C)C3=C(C(C)C)C(=O)C4)o2)cc1. The molecular formula is C42H54N2O6. The van der Waals surface area contributed by atoms with Crippen molar-refractivity contribution in [2.75, 3.05) is 7.11 Å². The lowest BCUT2D eigenvalue weighted by Crippen LogP contribution is -2.59. The number of ketones is 1. The number of hydrogen-bond donors (Lipinski definition) is 0. The summed E-state index contributed by atoms with van der Waals surface area (Å²) in [4.78, 5) is 38.3. The molecule has 6 aliphatic carbocycles. The lowest BCUT2D eigenvalue weighted by molar-refractivity contribution is -0.182. The second-order valence-electron chi connectivity index (χ2n) is 17.8. The second kappa shape index (κ2) is 12.2. The number of allylic oxidation sites excluding steroid dienone is 2. The molecule has 8 nitrogen and oxygen atoms in total. The number of hydrogen-bond acceptors (Lipinski definition) is 8. The summed E-state index contributed by atoms with van der Waals surface area (Å²) >= 11 is 0. The number of Topliss-reactive ketones (excluding diaryl/α,β-unsaturated/α-hetero) is 1. The van der Waals surface area contributed by atoms with Crippen molar-refractivity contribution in [2.45, 2.75) is 117 Å². The van der Waals surface area contributed by atoms with Gasteiger partial charge in [0.2, 0.25) is 11.8 Å². The van der Waals surface area contributed by atoms with Gasteiger partial charge in [-0.05, 0) is 146 Å². The van der Waals surface area contributed by atoms with E-state index < -0.39 is 5.41 Å². The van der Waals surface area contributed by atoms with E-state index in [-0.39, 0.29) is 52.4 Å². The number of methoxy groups -OCH3 is 1. The minimum Gasteiger partial charge on any atom is -0.497 e. The van der Waals surface area contributed by atoms with Crippen molar-refractivity contribution < 1.29 is 28.3 Å². The molecule has 0 N–H and O–H groups in total. The first-order valence-corrected chi connectivity index (χ1v) is 19.4. The van der Waals surface area contributed by atoms with Crippen molar-refractivity contribution >= 4 is 18.0 Å². The monoisotopic (exact) mass is 682 g/mol. The summed E-state index contributed by atoms with van der Waals surface area (Å²) in [5.41, 5.74) is 3.06. The van der Waals surface area contributed by atoms with Crippen LogP contribution in [-0.4, -0.2) is 41.4 Å². The Morgan fingerprint density at radius 1 is 0.980 bits per heavy atom. The molecule has 50 heavy (non-hydrogen) atoms. The van der Waals surface area contributed by atoms with Crippen LogP contribution in [0, 0.1) is 58.2 Å². The Morgan fingerprint density at radius 2 is 1.74 bits per heavy atom. The van der Waals surface area contributed by atoms with E-state index in [9.17, 15) is 14.4 Å². The fraction of sp³-hybridized carbons (Fsp3) is 0.690. The fourth-order valence-electron chi connectivity index (χ4n) is 12.6. The molecule has 0 spiro atoms. The van der Waals surface area contributed by atoms with Gasteiger partial charge in [-0.1, -0.05) is 34.6 Å². The standard InChI is InChI=1S/C42H54N2O6/c1-23(2)35-33(46)21-42(39-44-43-37(50-39)25-7-9-28(48-6)10-8-25)18-15-32-30(36(35)42)11-12-34-40(4)17-14-29(20-27(40)13-16-41(32,34)5)49-38(47)31-19-26(22-45)24(31)3/h7-10,22-24,26-27,29-32,34H,11-21H2,1-6H3. The van der Waals surface area contributed by atoms with Gasteiger partial charge in [-0.25, -0.2) is 0 Å². The third-order valence-corrected chi connectivity index (χ3v) is 15.4. The van der Waals surface area contributed by atoms with Crippen LogP contribution in [0.15, 0.2) is 39.8 Å². The molecule has 1 heterocycles. The number of aldehydes is 1. The van der Waals surface area contributed by atoms with E-state index >= 15 is 0 Å². The molecule has 8 rings (SSSR count). The normalized spacial score (nSPS) is 40.7. The average molecular weight is 683 g/mol. The molecular weight excluding hydrogens is 628 g/mol. The van der Waals surface area contributed by atoms with Crippen molar-refractivity contribution in [3.05, 3.63) is 41.3 Å². The molecule has 11 unspecified atom stereocenters. The maximum absolute atomic E-state index is 14.0. The van der Waals surface area contributed by atoms with E-state index in [2.05, 4.69) is 32.8 Å². The van der Waals surface area contributed by atoms with E-state index in [1.54, 1.807) is 7.11 Å². The molecule has 8 heteroatoms. The van der Waals surface area contributed by atoms with Crippen molar-refractivity contribution in [1.82, 2.24) is 10.2 Å². The molecule has 0 bridgehead atoms. The van der Waals surface area contributed by atoms with E-state index in [1.807, 2.05) is 31.2 Å². The summed E-state index contributed by atoms with van der Waals surface area (Å²) in [7, 11) is 1.65. The average Bonchev–Trinajstić information content (AvgIpc) is 3.72. The summed E-state index contributed by atoms with van der Waals surface area (Å²) in [5.74, 6) is 4.12. The van der Waals surface area contributed by atoms with Gasteiger partial charge in [0.25, 0.3) is 0 Å². The molecule has 0 radical (unpaired) electrons. The molecule has 0 saturated heterocycles. The first-order chi connectivity index (χ1) is 23.9. The van der Waals surface area contributed by atoms with Gasteiger partial charge in [0.15, 0.2) is 5.78 Å². The van der Waals surface area contributed by atoms with Gasteiger partial charge >= 0.3 is 5.97 Å². The number of nitrogens with zero attached hydrogens (tertiary/aromatic N) is 2. The van der Waals surface area contributed by atoms with Gasteiger partial charge < -0.3 is 18.7 Å². The first kappa shape index (κ1) is 33.8. The van der Waals surface area contributed by atoms with E-state index in [0.717, 1.165) is 74.5 Å². The highest BCUT2D eigenvalue weighted by atomic mass is 16.5. The minimum absolute atomic E-state index is 0.00290. The molecule has 0 aliphatic heterocycles. The summed E-state index contributed by atoms with van der Waals surface area (Å²) in [6, 6.07) is 7.68. The molecule has 5 fully saturated rings. The molecule has 1 aromatic carbocycles. The van der Waals surface area contributed by atoms with Crippen LogP contribution >= 0.6 is 0 Å². The number of carbonyl (C=O) groups is 3. The summed E-state index contributed by atoms with van der Waals surface area (Å²) in [5, 5.41) is 9.22. The van der Waals surface area contributed by atoms with E-state index in [4.69, 9.17) is 19.0 Å². The van der Waals surface area contributed by atoms with Gasteiger partial charge in [-0.15, -0.1) is 10.2 Å². The molecule has 0 amide bonds. The third kappa shape index (κ3) is 4.92. The Hall–Kier alpha value is -3.29. The highest BCUT2D eigenvalue weighted by Gasteiger charge is 2.65. The van der Waals surface area contributed by atoms with Crippen LogP contribution in [0.5, 0.6) is 5.75 Å². The molecule has 6 aliphatic rings. The van der Waals surface area contributed by atoms with Gasteiger partial charge in [0, 0.05) is 17.9 Å². The van der Waals surface area contributed by atoms with Gasteiger partial charge in [0.1, 0.15) is 18.1 Å². The number of aromatic nitrogens is 2. The quantitative estimate of drug-likeness (QED) is 0.212. The molecule has 2 aromatic rings. The molecule has 5 saturated carbocycles. The number of benzene rings is 1. The van der Waals surface area contributed by atoms with Crippen LogP contribution in [0.2, 0.25) is 0 Å². The third-order valence-electron chi connectivity index (χ3n) is 15.4. The van der Waals surface area contributed by atoms with Gasteiger partial charge in [-0.3, -0.25) is 9.59 Å². The largest absolute Gasteiger partial charge is 0.497 e. The predicted octanol–water partition coefficient (Wildman–Crippen LogP) is 8.33. The first-order valence-electron chi connectivity index (χ1n) is 19.4. The maximum Gasteiger partial charge on any atom is 0.309 e. The number of ether oxygens (including phenoxy) is 2. The zero-order chi connectivity index (χ0) is 35.2. The summed E-state index contributed by atoms with van der Waals surface area (Å²) in [6.07, 6.45) is 11.5. The highest BCUT2D eigenvalue weighted by Crippen LogP contribution is 2.71. The maximum atomic E-state index is 14.0.